The number of carbonyl (C=O) groups excluding carboxylic acids is 2. The van der Waals surface area contributed by atoms with Gasteiger partial charge in [-0.1, -0.05) is 25.5 Å². The van der Waals surface area contributed by atoms with E-state index >= 15 is 0 Å². The van der Waals surface area contributed by atoms with Crippen molar-refractivity contribution < 1.29 is 23.8 Å². The van der Waals surface area contributed by atoms with Crippen LogP contribution in [-0.4, -0.2) is 50.5 Å². The van der Waals surface area contributed by atoms with Crippen LogP contribution in [0.25, 0.3) is 5.57 Å². The summed E-state index contributed by atoms with van der Waals surface area (Å²) in [5.41, 5.74) is 1.50. The number of rotatable bonds is 9. The van der Waals surface area contributed by atoms with Gasteiger partial charge in [0, 0.05) is 30.3 Å². The van der Waals surface area contributed by atoms with Gasteiger partial charge in [0.2, 0.25) is 0 Å². The maximum atomic E-state index is 12.2. The molecule has 0 aromatic heterocycles. The number of piperidine rings is 1. The molecule has 0 bridgehead atoms. The molecule has 232 valence electrons. The van der Waals surface area contributed by atoms with Gasteiger partial charge in [-0.25, -0.2) is 4.79 Å². The fourth-order valence-corrected chi connectivity index (χ4v) is 6.09. The summed E-state index contributed by atoms with van der Waals surface area (Å²) in [4.78, 5) is 26.5. The van der Waals surface area contributed by atoms with Crippen LogP contribution < -0.4 is 10.2 Å². The Hall–Kier alpha value is -4.49. The first-order chi connectivity index (χ1) is 21.2. The molecular formula is C34H41N5O5. The largest absolute Gasteiger partial charge is 0.479 e. The first-order valence-electron chi connectivity index (χ1n) is 15.5. The van der Waals surface area contributed by atoms with Crippen molar-refractivity contribution in [3.63, 3.8) is 0 Å². The van der Waals surface area contributed by atoms with Gasteiger partial charge in [-0.15, -0.1) is 0 Å². The monoisotopic (exact) mass is 599 g/mol. The van der Waals surface area contributed by atoms with Crippen molar-refractivity contribution >= 4 is 23.3 Å². The first-order valence-corrected chi connectivity index (χ1v) is 15.5. The van der Waals surface area contributed by atoms with E-state index in [1.54, 1.807) is 0 Å². The topological polar surface area (TPSA) is 148 Å². The zero-order valence-electron chi connectivity index (χ0n) is 25.9. The van der Waals surface area contributed by atoms with E-state index < -0.39 is 17.1 Å². The van der Waals surface area contributed by atoms with Gasteiger partial charge in [-0.3, -0.25) is 4.79 Å². The zero-order chi connectivity index (χ0) is 31.7. The lowest BCUT2D eigenvalue weighted by atomic mass is 9.76. The zero-order valence-corrected chi connectivity index (χ0v) is 25.9. The lowest BCUT2D eigenvalue weighted by Crippen LogP contribution is -2.38. The maximum Gasteiger partial charge on any atom is 0.407 e. The Balaban J connectivity index is 1.37. The third kappa shape index (κ3) is 7.17. The summed E-state index contributed by atoms with van der Waals surface area (Å²) in [6, 6.07) is 14.1. The number of benzene rings is 1. The van der Waals surface area contributed by atoms with Crippen LogP contribution in [0.5, 0.6) is 0 Å². The summed E-state index contributed by atoms with van der Waals surface area (Å²) in [7, 11) is 0. The van der Waals surface area contributed by atoms with Gasteiger partial charge in [-0.05, 0) is 76.5 Å². The molecule has 10 nitrogen and oxygen atoms in total. The van der Waals surface area contributed by atoms with Crippen LogP contribution in [0.4, 0.5) is 10.5 Å². The molecule has 1 aromatic carbocycles. The molecule has 1 N–H and O–H groups in total. The van der Waals surface area contributed by atoms with Crippen LogP contribution in [0.15, 0.2) is 41.2 Å². The third-order valence-corrected chi connectivity index (χ3v) is 8.99. The second-order valence-corrected chi connectivity index (χ2v) is 12.3. The molecule has 2 heterocycles. The highest BCUT2D eigenvalue weighted by molar-refractivity contribution is 5.85. The minimum Gasteiger partial charge on any atom is -0.479 e. The van der Waals surface area contributed by atoms with Gasteiger partial charge in [0.15, 0.2) is 11.3 Å². The number of alkyl carbamates (subject to hydrolysis) is 1. The number of nitrogens with one attached hydrogen (secondary N) is 1. The van der Waals surface area contributed by atoms with Gasteiger partial charge >= 0.3 is 12.1 Å². The van der Waals surface area contributed by atoms with Gasteiger partial charge in [0.05, 0.1) is 18.6 Å². The Bertz CT molecular complexity index is 1400. The first kappa shape index (κ1) is 32.4. The highest BCUT2D eigenvalue weighted by Gasteiger charge is 2.48. The Labute approximate surface area is 259 Å². The van der Waals surface area contributed by atoms with Crippen molar-refractivity contribution in [3.05, 3.63) is 46.7 Å². The Kier molecular flexibility index (Phi) is 10.6. The summed E-state index contributed by atoms with van der Waals surface area (Å²) in [5.74, 6) is -0.0172. The number of esters is 1. The summed E-state index contributed by atoms with van der Waals surface area (Å²) < 4.78 is 17.0. The molecule has 1 atom stereocenters. The number of amides is 1. The molecule has 1 saturated carbocycles. The third-order valence-electron chi connectivity index (χ3n) is 8.99. The molecule has 44 heavy (non-hydrogen) atoms. The van der Waals surface area contributed by atoms with E-state index in [-0.39, 0.29) is 48.6 Å². The molecule has 1 saturated heterocycles. The fourth-order valence-electron chi connectivity index (χ4n) is 6.09. The van der Waals surface area contributed by atoms with Crippen molar-refractivity contribution in [2.75, 3.05) is 37.7 Å². The van der Waals surface area contributed by atoms with E-state index in [4.69, 9.17) is 14.2 Å². The summed E-state index contributed by atoms with van der Waals surface area (Å²) in [5, 5.41) is 31.8. The lowest BCUT2D eigenvalue weighted by Gasteiger charge is -2.36. The van der Waals surface area contributed by atoms with E-state index in [1.807, 2.05) is 57.2 Å². The summed E-state index contributed by atoms with van der Waals surface area (Å²) in [6.07, 6.45) is 6.48. The minimum atomic E-state index is -0.707. The van der Waals surface area contributed by atoms with E-state index in [0.29, 0.717) is 6.42 Å². The summed E-state index contributed by atoms with van der Waals surface area (Å²) in [6.45, 7) is 7.77. The van der Waals surface area contributed by atoms with E-state index in [0.717, 1.165) is 74.9 Å². The van der Waals surface area contributed by atoms with Crippen molar-refractivity contribution in [2.24, 2.45) is 11.3 Å². The van der Waals surface area contributed by atoms with Crippen LogP contribution in [0.3, 0.4) is 0 Å². The standard InChI is InChI=1S/C34H41N5O5/c1-4-33(2,3)31(40)42-18-16-38-32(41)43-23-24-9-8-17-39(22-24)27-12-10-25(11-13-27)29-28(21-37)30(26(19-35)20-36)44-34(29)14-6-5-7-15-34/h10-13,24H,4-9,14-18,22-23H2,1-3H3,(H,38,41). The van der Waals surface area contributed by atoms with Crippen LogP contribution in [0, 0.1) is 45.3 Å². The van der Waals surface area contributed by atoms with Crippen LogP contribution in [0.1, 0.15) is 77.7 Å². The van der Waals surface area contributed by atoms with E-state index in [9.17, 15) is 25.4 Å². The quantitative estimate of drug-likeness (QED) is 0.207. The van der Waals surface area contributed by atoms with Crippen LogP contribution >= 0.6 is 0 Å². The normalized spacial score (nSPS) is 19.3. The van der Waals surface area contributed by atoms with Gasteiger partial charge in [0.25, 0.3) is 0 Å². The number of anilines is 1. The smallest absolute Gasteiger partial charge is 0.407 e. The highest BCUT2D eigenvalue weighted by atomic mass is 16.6. The number of allylic oxidation sites excluding steroid dienone is 2. The van der Waals surface area contributed by atoms with Gasteiger partial charge < -0.3 is 24.4 Å². The predicted molar refractivity (Wildman–Crippen MR) is 163 cm³/mol. The Morgan fingerprint density at radius 3 is 2.41 bits per heavy atom. The molecule has 1 aromatic rings. The fraction of sp³-hybridized carbons (Fsp3) is 0.559. The summed E-state index contributed by atoms with van der Waals surface area (Å²) >= 11 is 0. The molecule has 1 amide bonds. The molecule has 3 aliphatic rings. The Morgan fingerprint density at radius 2 is 1.77 bits per heavy atom. The van der Waals surface area contributed by atoms with E-state index in [2.05, 4.69) is 16.3 Å². The molecule has 2 fully saturated rings. The molecule has 0 radical (unpaired) electrons. The predicted octanol–water partition coefficient (Wildman–Crippen LogP) is 5.92. The molecule has 2 aliphatic heterocycles. The average Bonchev–Trinajstić information content (AvgIpc) is 3.35. The van der Waals surface area contributed by atoms with Crippen LogP contribution in [0.2, 0.25) is 0 Å². The van der Waals surface area contributed by atoms with Gasteiger partial charge in [0.1, 0.15) is 36.0 Å². The number of carbonyl (C=O) groups is 2. The molecule has 1 unspecified atom stereocenters. The second-order valence-electron chi connectivity index (χ2n) is 12.3. The SMILES string of the molecule is CCC(C)(C)C(=O)OCCNC(=O)OCC1CCCN(c2ccc(C3=C(C#N)C(=C(C#N)C#N)OC34CCCCC4)cc2)C1. The van der Waals surface area contributed by atoms with Crippen LogP contribution in [-0.2, 0) is 19.0 Å². The lowest BCUT2D eigenvalue weighted by molar-refractivity contribution is -0.153. The van der Waals surface area contributed by atoms with E-state index in [1.165, 1.54) is 0 Å². The minimum absolute atomic E-state index is 0.0972. The molecular weight excluding hydrogens is 558 g/mol. The number of ether oxygens (including phenoxy) is 3. The Morgan fingerprint density at radius 1 is 1.07 bits per heavy atom. The molecule has 4 rings (SSSR count). The number of nitrogens with zero attached hydrogens (tertiary/aromatic N) is 4. The highest BCUT2D eigenvalue weighted by Crippen LogP contribution is 2.52. The average molecular weight is 600 g/mol. The van der Waals surface area contributed by atoms with Crippen molar-refractivity contribution in [2.45, 2.75) is 77.7 Å². The van der Waals surface area contributed by atoms with Crippen molar-refractivity contribution in [1.29, 1.82) is 15.8 Å². The number of nitriles is 3. The molecule has 1 spiro atoms. The second kappa shape index (κ2) is 14.3. The molecule has 1 aliphatic carbocycles. The maximum absolute atomic E-state index is 12.2. The number of hydrogen-bond donors (Lipinski definition) is 1. The number of hydrogen-bond acceptors (Lipinski definition) is 9. The van der Waals surface area contributed by atoms with Gasteiger partial charge in [-0.2, -0.15) is 15.8 Å². The van der Waals surface area contributed by atoms with Crippen molar-refractivity contribution in [3.8, 4) is 18.2 Å². The molecule has 10 heteroatoms. The van der Waals surface area contributed by atoms with Crippen molar-refractivity contribution in [1.82, 2.24) is 5.32 Å².